The minimum Gasteiger partial charge on any atom is -0.545 e. The number of aromatic carboxylic acids is 1. The fourth-order valence-electron chi connectivity index (χ4n) is 3.14. The van der Waals surface area contributed by atoms with Crippen molar-refractivity contribution in [1.82, 2.24) is 4.98 Å². The van der Waals surface area contributed by atoms with Gasteiger partial charge in [-0.15, -0.1) is 0 Å². The van der Waals surface area contributed by atoms with Gasteiger partial charge < -0.3 is 24.4 Å². The molecule has 6 heteroatoms. The Labute approximate surface area is 165 Å². The molecular weight excluding hydrogens is 354 g/mol. The monoisotopic (exact) mass is 378 g/mol. The van der Waals surface area contributed by atoms with Crippen LogP contribution in [0.3, 0.4) is 0 Å². The van der Waals surface area contributed by atoms with Crippen LogP contribution < -0.4 is 19.6 Å². The van der Waals surface area contributed by atoms with E-state index in [2.05, 4.69) is 23.7 Å². The number of carboxylic acid groups (broad SMARTS) is 1. The number of fused-ring (bicyclic) bond motifs is 1. The number of rotatable bonds is 7. The summed E-state index contributed by atoms with van der Waals surface area (Å²) >= 11 is 0. The van der Waals surface area contributed by atoms with Crippen molar-refractivity contribution in [1.29, 1.82) is 0 Å². The van der Waals surface area contributed by atoms with Crippen molar-refractivity contribution in [3.8, 4) is 11.5 Å². The van der Waals surface area contributed by atoms with Crippen LogP contribution in [0, 0.1) is 0 Å². The highest BCUT2D eigenvalue weighted by Crippen LogP contribution is 2.35. The first kappa shape index (κ1) is 19.5. The van der Waals surface area contributed by atoms with E-state index in [4.69, 9.17) is 4.74 Å². The predicted molar refractivity (Wildman–Crippen MR) is 110 cm³/mol. The summed E-state index contributed by atoms with van der Waals surface area (Å²) in [4.78, 5) is 20.1. The second-order valence-corrected chi connectivity index (χ2v) is 6.66. The normalized spacial score (nSPS) is 10.7. The Morgan fingerprint density at radius 3 is 2.46 bits per heavy atom. The van der Waals surface area contributed by atoms with Gasteiger partial charge in [0.25, 0.3) is 0 Å². The molecule has 0 saturated carbocycles. The lowest BCUT2D eigenvalue weighted by atomic mass is 10.1. The number of ether oxygens (including phenoxy) is 1. The zero-order chi connectivity index (χ0) is 20.3. The molecule has 0 aliphatic heterocycles. The molecule has 0 amide bonds. The molecule has 0 atom stereocenters. The number of nitrogens with zero attached hydrogens (tertiary/aromatic N) is 3. The van der Waals surface area contributed by atoms with Crippen molar-refractivity contribution in [3.63, 3.8) is 0 Å². The van der Waals surface area contributed by atoms with Crippen LogP contribution in [-0.2, 0) is 0 Å². The lowest BCUT2D eigenvalue weighted by Crippen LogP contribution is -2.23. The smallest absolute Gasteiger partial charge is 0.147 e. The van der Waals surface area contributed by atoms with E-state index >= 15 is 0 Å². The maximum Gasteiger partial charge on any atom is 0.147 e. The molecule has 2 aromatic carbocycles. The third-order valence-electron chi connectivity index (χ3n) is 4.70. The molecule has 28 heavy (non-hydrogen) atoms. The highest BCUT2D eigenvalue weighted by molar-refractivity contribution is 5.99. The first-order valence-electron chi connectivity index (χ1n) is 9.28. The number of hydrogen-bond donors (Lipinski definition) is 0. The van der Waals surface area contributed by atoms with Gasteiger partial charge in [-0.05, 0) is 44.2 Å². The maximum atomic E-state index is 11.7. The number of benzene rings is 2. The molecule has 0 spiro atoms. The summed E-state index contributed by atoms with van der Waals surface area (Å²) in [6.07, 6.45) is 1.29. The van der Waals surface area contributed by atoms with Crippen molar-refractivity contribution in [2.45, 2.75) is 13.8 Å². The zero-order valence-corrected chi connectivity index (χ0v) is 16.6. The van der Waals surface area contributed by atoms with Gasteiger partial charge in [-0.3, -0.25) is 4.98 Å². The average Bonchev–Trinajstić information content (AvgIpc) is 2.69. The predicted octanol–water partition coefficient (Wildman–Crippen LogP) is 3.30. The molecule has 6 nitrogen and oxygen atoms in total. The fourth-order valence-corrected chi connectivity index (χ4v) is 3.14. The second-order valence-electron chi connectivity index (χ2n) is 6.66. The van der Waals surface area contributed by atoms with E-state index in [1.165, 1.54) is 6.20 Å². The second kappa shape index (κ2) is 8.17. The van der Waals surface area contributed by atoms with Crippen LogP contribution in [0.2, 0.25) is 0 Å². The summed E-state index contributed by atoms with van der Waals surface area (Å²) in [5.74, 6) is -0.514. The molecule has 3 rings (SSSR count). The number of anilines is 2. The van der Waals surface area contributed by atoms with Gasteiger partial charge in [0.05, 0.1) is 17.0 Å². The average molecular weight is 378 g/mol. The fraction of sp³-hybridized carbons (Fsp3) is 0.273. The minimum atomic E-state index is -1.32. The molecule has 0 N–H and O–H groups in total. The number of aromatic nitrogens is 1. The minimum absolute atomic E-state index is 0.0725. The molecule has 0 aliphatic rings. The van der Waals surface area contributed by atoms with E-state index in [9.17, 15) is 9.90 Å². The van der Waals surface area contributed by atoms with Gasteiger partial charge in [-0.25, -0.2) is 0 Å². The van der Waals surface area contributed by atoms with Crippen LogP contribution >= 0.6 is 0 Å². The lowest BCUT2D eigenvalue weighted by Gasteiger charge is -2.22. The summed E-state index contributed by atoms with van der Waals surface area (Å²) in [5.41, 5.74) is 2.53. The van der Waals surface area contributed by atoms with Crippen molar-refractivity contribution >= 4 is 28.2 Å². The first-order valence-corrected chi connectivity index (χ1v) is 9.28. The number of carboxylic acids is 1. The Balaban J connectivity index is 2.13. The Bertz CT molecular complexity index is 997. The quantitative estimate of drug-likeness (QED) is 0.628. The molecule has 0 bridgehead atoms. The SMILES string of the molecule is CCN(CC)c1cccc(Oc2c(C(=O)[O-])cnc3ccc(N(C)C)cc23)c1. The Morgan fingerprint density at radius 2 is 1.82 bits per heavy atom. The van der Waals surface area contributed by atoms with Gasteiger partial charge in [-0.1, -0.05) is 6.07 Å². The van der Waals surface area contributed by atoms with Gasteiger partial charge in [-0.2, -0.15) is 0 Å². The summed E-state index contributed by atoms with van der Waals surface area (Å²) in [7, 11) is 3.84. The van der Waals surface area contributed by atoms with Crippen LogP contribution in [0.5, 0.6) is 11.5 Å². The van der Waals surface area contributed by atoms with Crippen molar-refractivity contribution in [3.05, 3.63) is 54.2 Å². The third kappa shape index (κ3) is 3.86. The summed E-state index contributed by atoms with van der Waals surface area (Å²) in [6.45, 7) is 5.91. The summed E-state index contributed by atoms with van der Waals surface area (Å²) in [5, 5.41) is 12.3. The van der Waals surface area contributed by atoms with E-state index in [-0.39, 0.29) is 11.3 Å². The molecule has 1 heterocycles. The van der Waals surface area contributed by atoms with E-state index in [1.54, 1.807) is 0 Å². The first-order chi connectivity index (χ1) is 13.4. The molecule has 0 radical (unpaired) electrons. The van der Waals surface area contributed by atoms with Gasteiger partial charge in [0, 0.05) is 56.2 Å². The van der Waals surface area contributed by atoms with E-state index in [0.717, 1.165) is 24.5 Å². The van der Waals surface area contributed by atoms with Crippen LogP contribution in [0.1, 0.15) is 24.2 Å². The van der Waals surface area contributed by atoms with Crippen molar-refractivity contribution in [2.24, 2.45) is 0 Å². The van der Waals surface area contributed by atoms with E-state index in [1.807, 2.05) is 61.5 Å². The van der Waals surface area contributed by atoms with Crippen LogP contribution in [0.25, 0.3) is 10.9 Å². The van der Waals surface area contributed by atoms with Crippen molar-refractivity contribution in [2.75, 3.05) is 37.0 Å². The standard InChI is InChI=1S/C22H25N3O3/c1-5-25(6-2)16-8-7-9-17(12-16)28-21-18-13-15(24(3)4)10-11-20(18)23-14-19(21)22(26)27/h7-14H,5-6H2,1-4H3,(H,26,27)/p-1. The number of hydrogen-bond acceptors (Lipinski definition) is 6. The zero-order valence-electron chi connectivity index (χ0n) is 16.6. The third-order valence-corrected chi connectivity index (χ3v) is 4.70. The largest absolute Gasteiger partial charge is 0.545 e. The summed E-state index contributed by atoms with van der Waals surface area (Å²) < 4.78 is 6.09. The number of pyridine rings is 1. The maximum absolute atomic E-state index is 11.7. The van der Waals surface area contributed by atoms with Gasteiger partial charge >= 0.3 is 0 Å². The van der Waals surface area contributed by atoms with Gasteiger partial charge in [0.15, 0.2) is 0 Å². The van der Waals surface area contributed by atoms with Crippen LogP contribution in [0.15, 0.2) is 48.7 Å². The molecule has 0 unspecified atom stereocenters. The van der Waals surface area contributed by atoms with Crippen molar-refractivity contribution < 1.29 is 14.6 Å². The molecule has 146 valence electrons. The van der Waals surface area contributed by atoms with Crippen LogP contribution in [0.4, 0.5) is 11.4 Å². The summed E-state index contributed by atoms with van der Waals surface area (Å²) in [6, 6.07) is 13.3. The highest BCUT2D eigenvalue weighted by Gasteiger charge is 2.14. The number of carbonyl (C=O) groups excluding carboxylic acids is 1. The lowest BCUT2D eigenvalue weighted by molar-refractivity contribution is -0.255. The van der Waals surface area contributed by atoms with Gasteiger partial charge in [0.1, 0.15) is 11.5 Å². The van der Waals surface area contributed by atoms with Crippen LogP contribution in [-0.4, -0.2) is 38.1 Å². The topological polar surface area (TPSA) is 68.7 Å². The number of carbonyl (C=O) groups is 1. The Morgan fingerprint density at radius 1 is 1.07 bits per heavy atom. The molecular formula is C22H24N3O3-. The Kier molecular flexibility index (Phi) is 5.68. The van der Waals surface area contributed by atoms with E-state index < -0.39 is 5.97 Å². The molecule has 0 aliphatic carbocycles. The highest BCUT2D eigenvalue weighted by atomic mass is 16.5. The van der Waals surface area contributed by atoms with E-state index in [0.29, 0.717) is 16.7 Å². The Hall–Kier alpha value is -3.28. The molecule has 0 saturated heterocycles. The van der Waals surface area contributed by atoms with Gasteiger partial charge in [0.2, 0.25) is 0 Å². The molecule has 1 aromatic heterocycles. The molecule has 0 fully saturated rings. The molecule has 3 aromatic rings.